The molecule has 2 N–H and O–H groups in total. The van der Waals surface area contributed by atoms with Crippen molar-refractivity contribution in [3.63, 3.8) is 0 Å². The molecule has 0 aromatic heterocycles. The summed E-state index contributed by atoms with van der Waals surface area (Å²) < 4.78 is 32.5. The molecule has 0 amide bonds. The molecule has 0 unspecified atom stereocenters. The summed E-state index contributed by atoms with van der Waals surface area (Å²) in [7, 11) is -3.37. The largest absolute Gasteiger partial charge is 0.384 e. The molecule has 1 aliphatic heterocycles. The molecule has 7 heteroatoms. The van der Waals surface area contributed by atoms with E-state index in [1.165, 1.54) is 0 Å². The fourth-order valence-corrected chi connectivity index (χ4v) is 4.07. The highest BCUT2D eigenvalue weighted by molar-refractivity contribution is 7.92. The Balaban J connectivity index is 1.43. The van der Waals surface area contributed by atoms with Gasteiger partial charge in [0, 0.05) is 37.6 Å². The van der Waals surface area contributed by atoms with Crippen LogP contribution in [0.3, 0.4) is 0 Å². The Morgan fingerprint density at radius 3 is 2.30 bits per heavy atom. The highest BCUT2D eigenvalue weighted by Crippen LogP contribution is 2.15. The van der Waals surface area contributed by atoms with Gasteiger partial charge in [-0.2, -0.15) is 0 Å². The lowest BCUT2D eigenvalue weighted by Gasteiger charge is -2.26. The maximum Gasteiger partial charge on any atom is 0.233 e. The zero-order valence-electron chi connectivity index (χ0n) is 15.4. The molecule has 146 valence electrons. The lowest BCUT2D eigenvalue weighted by atomic mass is 10.2. The Bertz CT molecular complexity index is 789. The third kappa shape index (κ3) is 6.86. The van der Waals surface area contributed by atoms with Gasteiger partial charge in [-0.25, -0.2) is 8.42 Å². The molecule has 2 aromatic carbocycles. The van der Waals surface area contributed by atoms with E-state index in [0.717, 1.165) is 50.6 Å². The molecule has 0 spiro atoms. The second kappa shape index (κ2) is 9.73. The summed E-state index contributed by atoms with van der Waals surface area (Å²) in [6.07, 6.45) is 0.497. The number of nitrogens with zero attached hydrogens (tertiary/aromatic N) is 1. The molecule has 6 nitrogen and oxygen atoms in total. The molecule has 2 aromatic rings. The maximum atomic E-state index is 12.3. The molecule has 1 heterocycles. The summed E-state index contributed by atoms with van der Waals surface area (Å²) in [5.41, 5.74) is 2.58. The first kappa shape index (κ1) is 19.7. The number of morpholine rings is 1. The van der Waals surface area contributed by atoms with Gasteiger partial charge in [-0.05, 0) is 36.2 Å². The molecule has 1 aliphatic rings. The van der Waals surface area contributed by atoms with Gasteiger partial charge < -0.3 is 10.1 Å². The molecule has 0 aliphatic carbocycles. The van der Waals surface area contributed by atoms with Gasteiger partial charge >= 0.3 is 0 Å². The van der Waals surface area contributed by atoms with E-state index in [4.69, 9.17) is 4.74 Å². The number of aryl methyl sites for hydroxylation is 1. The number of anilines is 2. The van der Waals surface area contributed by atoms with E-state index < -0.39 is 10.0 Å². The Hall–Kier alpha value is -2.09. The average Bonchev–Trinajstić information content (AvgIpc) is 2.69. The van der Waals surface area contributed by atoms with E-state index in [1.54, 1.807) is 12.1 Å². The number of ether oxygens (including phenoxy) is 1. The number of hydrogen-bond acceptors (Lipinski definition) is 5. The van der Waals surface area contributed by atoms with Crippen LogP contribution in [-0.2, 0) is 21.2 Å². The number of hydrogen-bond donors (Lipinski definition) is 2. The van der Waals surface area contributed by atoms with E-state index in [-0.39, 0.29) is 5.75 Å². The molecular weight excluding hydrogens is 362 g/mol. The molecule has 3 rings (SSSR count). The fourth-order valence-electron chi connectivity index (χ4n) is 2.97. The summed E-state index contributed by atoms with van der Waals surface area (Å²) in [6.45, 7) is 5.38. The van der Waals surface area contributed by atoms with Gasteiger partial charge in [-0.3, -0.25) is 9.62 Å². The zero-order chi connectivity index (χ0) is 19.0. The molecule has 1 saturated heterocycles. The second-order valence-electron chi connectivity index (χ2n) is 6.61. The van der Waals surface area contributed by atoms with Crippen LogP contribution >= 0.6 is 0 Å². The minimum Gasteiger partial charge on any atom is -0.384 e. The molecule has 1 fully saturated rings. The summed E-state index contributed by atoms with van der Waals surface area (Å²) in [5, 5.41) is 3.37. The Kier molecular flexibility index (Phi) is 7.09. The van der Waals surface area contributed by atoms with E-state index in [9.17, 15) is 8.42 Å². The van der Waals surface area contributed by atoms with Crippen molar-refractivity contribution in [1.29, 1.82) is 0 Å². The first-order chi connectivity index (χ1) is 13.1. The lowest BCUT2D eigenvalue weighted by molar-refractivity contribution is 0.0398. The van der Waals surface area contributed by atoms with Crippen LogP contribution in [-0.4, -0.2) is 58.5 Å². The van der Waals surface area contributed by atoms with Crippen molar-refractivity contribution < 1.29 is 13.2 Å². The lowest BCUT2D eigenvalue weighted by Crippen LogP contribution is -2.38. The van der Waals surface area contributed by atoms with Crippen LogP contribution in [0.2, 0.25) is 0 Å². The highest BCUT2D eigenvalue weighted by Gasteiger charge is 2.11. The van der Waals surface area contributed by atoms with Gasteiger partial charge in [-0.1, -0.05) is 30.3 Å². The molecule has 27 heavy (non-hydrogen) atoms. The summed E-state index contributed by atoms with van der Waals surface area (Å²) >= 11 is 0. The topological polar surface area (TPSA) is 70.7 Å². The van der Waals surface area contributed by atoms with Crippen molar-refractivity contribution in [1.82, 2.24) is 4.90 Å². The van der Waals surface area contributed by atoms with Gasteiger partial charge in [0.1, 0.15) is 0 Å². The molecule has 0 radical (unpaired) electrons. The van der Waals surface area contributed by atoms with Gasteiger partial charge in [0.25, 0.3) is 0 Å². The van der Waals surface area contributed by atoms with Crippen molar-refractivity contribution in [3.8, 4) is 0 Å². The Labute approximate surface area is 161 Å². The van der Waals surface area contributed by atoms with Crippen LogP contribution in [0.1, 0.15) is 5.56 Å². The van der Waals surface area contributed by atoms with Crippen LogP contribution in [0.25, 0.3) is 0 Å². The predicted molar refractivity (Wildman–Crippen MR) is 110 cm³/mol. The van der Waals surface area contributed by atoms with Crippen LogP contribution in [0.5, 0.6) is 0 Å². The summed E-state index contributed by atoms with van der Waals surface area (Å²) in [4.78, 5) is 2.37. The van der Waals surface area contributed by atoms with Crippen LogP contribution in [0, 0.1) is 0 Å². The van der Waals surface area contributed by atoms with Crippen molar-refractivity contribution >= 4 is 21.4 Å². The van der Waals surface area contributed by atoms with Gasteiger partial charge in [0.2, 0.25) is 10.0 Å². The third-order valence-corrected chi connectivity index (χ3v) is 5.81. The molecular formula is C20H27N3O3S. The second-order valence-corrected chi connectivity index (χ2v) is 8.46. The molecule has 0 atom stereocenters. The van der Waals surface area contributed by atoms with Crippen LogP contribution in [0.4, 0.5) is 11.4 Å². The first-order valence-corrected chi connectivity index (χ1v) is 10.9. The summed E-state index contributed by atoms with van der Waals surface area (Å²) in [5.74, 6) is 0.0660. The van der Waals surface area contributed by atoms with Crippen molar-refractivity contribution in [2.24, 2.45) is 0 Å². The smallest absolute Gasteiger partial charge is 0.233 e. The van der Waals surface area contributed by atoms with Gasteiger partial charge in [0.05, 0.1) is 19.0 Å². The summed E-state index contributed by atoms with van der Waals surface area (Å²) in [6, 6.07) is 17.0. The Morgan fingerprint density at radius 1 is 0.926 bits per heavy atom. The van der Waals surface area contributed by atoms with Crippen LogP contribution < -0.4 is 10.0 Å². The average molecular weight is 390 g/mol. The standard InChI is InChI=1S/C20H27N3O3S/c24-27(25,17-10-18-4-2-1-3-5-18)22-20-8-6-19(7-9-20)21-11-12-23-13-15-26-16-14-23/h1-9,21-22H,10-17H2. The number of rotatable bonds is 9. The van der Waals surface area contributed by atoms with E-state index in [0.29, 0.717) is 12.1 Å². The van der Waals surface area contributed by atoms with E-state index >= 15 is 0 Å². The number of sulfonamides is 1. The minimum absolute atomic E-state index is 0.0660. The maximum absolute atomic E-state index is 12.3. The van der Waals surface area contributed by atoms with Gasteiger partial charge in [-0.15, -0.1) is 0 Å². The zero-order valence-corrected chi connectivity index (χ0v) is 16.2. The van der Waals surface area contributed by atoms with E-state index in [1.807, 2.05) is 42.5 Å². The normalized spacial score (nSPS) is 15.4. The fraction of sp³-hybridized carbons (Fsp3) is 0.400. The van der Waals surface area contributed by atoms with Crippen LogP contribution in [0.15, 0.2) is 54.6 Å². The van der Waals surface area contributed by atoms with E-state index in [2.05, 4.69) is 14.9 Å². The predicted octanol–water partition coefficient (Wildman–Crippen LogP) is 2.42. The first-order valence-electron chi connectivity index (χ1n) is 9.29. The Morgan fingerprint density at radius 2 is 1.59 bits per heavy atom. The van der Waals surface area contributed by atoms with Crippen molar-refractivity contribution in [2.75, 3.05) is 55.2 Å². The molecule has 0 saturated carbocycles. The quantitative estimate of drug-likeness (QED) is 0.689. The highest BCUT2D eigenvalue weighted by atomic mass is 32.2. The number of benzene rings is 2. The minimum atomic E-state index is -3.37. The number of nitrogens with one attached hydrogen (secondary N) is 2. The third-order valence-electron chi connectivity index (χ3n) is 4.52. The van der Waals surface area contributed by atoms with Crippen molar-refractivity contribution in [2.45, 2.75) is 6.42 Å². The van der Waals surface area contributed by atoms with Crippen molar-refractivity contribution in [3.05, 3.63) is 60.2 Å². The SMILES string of the molecule is O=S(=O)(CCc1ccccc1)Nc1ccc(NCCN2CCOCC2)cc1. The van der Waals surface area contributed by atoms with Gasteiger partial charge in [0.15, 0.2) is 0 Å². The molecule has 0 bridgehead atoms. The monoisotopic (exact) mass is 389 g/mol.